The molecule has 1 aliphatic heterocycles. The molecule has 0 aromatic carbocycles. The summed E-state index contributed by atoms with van der Waals surface area (Å²) in [6, 6.07) is 3.99. The first-order valence-corrected chi connectivity index (χ1v) is 6.02. The fourth-order valence-corrected chi connectivity index (χ4v) is 2.22. The van der Waals surface area contributed by atoms with Crippen LogP contribution in [-0.4, -0.2) is 18.2 Å². The summed E-state index contributed by atoms with van der Waals surface area (Å²) in [5.74, 6) is 1.20. The lowest BCUT2D eigenvalue weighted by Gasteiger charge is -2.21. The molecule has 1 aromatic heterocycles. The fourth-order valence-electron chi connectivity index (χ4n) is 2.22. The minimum absolute atomic E-state index is 0.492. The van der Waals surface area contributed by atoms with Crippen molar-refractivity contribution in [2.75, 3.05) is 18.9 Å². The Kier molecular flexibility index (Phi) is 3.94. The predicted molar refractivity (Wildman–Crippen MR) is 65.2 cm³/mol. The Morgan fingerprint density at radius 2 is 2.24 bits per heavy atom. The van der Waals surface area contributed by atoms with Gasteiger partial charge in [-0.3, -0.25) is 0 Å². The number of ether oxygens (including phenoxy) is 1. The lowest BCUT2D eigenvalue weighted by atomic mass is 9.92. The highest BCUT2D eigenvalue weighted by atomic mass is 16.5. The summed E-state index contributed by atoms with van der Waals surface area (Å²) in [6.45, 7) is 1.74. The number of nitrogens with two attached hydrogens (primary N) is 1. The number of hydrogen-bond donors (Lipinski definition) is 1. The van der Waals surface area contributed by atoms with Crippen molar-refractivity contribution >= 4 is 5.82 Å². The lowest BCUT2D eigenvalue weighted by molar-refractivity contribution is 0.0640. The van der Waals surface area contributed by atoms with E-state index in [-0.39, 0.29) is 0 Å². The van der Waals surface area contributed by atoms with Crippen LogP contribution in [0.3, 0.4) is 0 Å². The molecule has 90 valence electrons. The van der Waals surface area contributed by atoms with Crippen molar-refractivity contribution in [1.82, 2.24) is 4.98 Å². The highest BCUT2D eigenvalue weighted by Crippen LogP contribution is 2.22. The van der Waals surface area contributed by atoms with Crippen LogP contribution in [0.1, 0.15) is 30.4 Å². The molecule has 4 nitrogen and oxygen atoms in total. The van der Waals surface area contributed by atoms with Gasteiger partial charge in [0.1, 0.15) is 11.9 Å². The molecule has 1 fully saturated rings. The van der Waals surface area contributed by atoms with Gasteiger partial charge in [0.2, 0.25) is 0 Å². The van der Waals surface area contributed by atoms with E-state index in [9.17, 15) is 0 Å². The van der Waals surface area contributed by atoms with Crippen molar-refractivity contribution in [2.24, 2.45) is 5.92 Å². The van der Waals surface area contributed by atoms with Crippen LogP contribution in [0.15, 0.2) is 12.3 Å². The number of aromatic nitrogens is 1. The van der Waals surface area contributed by atoms with Crippen molar-refractivity contribution in [1.29, 1.82) is 5.26 Å². The number of hydrogen-bond acceptors (Lipinski definition) is 4. The van der Waals surface area contributed by atoms with Crippen LogP contribution in [-0.2, 0) is 11.2 Å². The van der Waals surface area contributed by atoms with Crippen LogP contribution in [0, 0.1) is 17.2 Å². The third-order valence-electron chi connectivity index (χ3n) is 3.29. The molecule has 17 heavy (non-hydrogen) atoms. The lowest BCUT2D eigenvalue weighted by Crippen LogP contribution is -2.16. The van der Waals surface area contributed by atoms with Crippen LogP contribution in [0.2, 0.25) is 0 Å². The first-order valence-electron chi connectivity index (χ1n) is 6.02. The van der Waals surface area contributed by atoms with Gasteiger partial charge in [0.05, 0.1) is 5.56 Å². The van der Waals surface area contributed by atoms with Gasteiger partial charge < -0.3 is 10.5 Å². The van der Waals surface area contributed by atoms with Gasteiger partial charge in [-0.25, -0.2) is 4.98 Å². The molecule has 1 aromatic rings. The van der Waals surface area contributed by atoms with E-state index in [0.717, 1.165) is 44.5 Å². The monoisotopic (exact) mass is 231 g/mol. The van der Waals surface area contributed by atoms with Gasteiger partial charge in [-0.2, -0.15) is 5.26 Å². The third kappa shape index (κ3) is 3.18. The minimum atomic E-state index is 0.492. The van der Waals surface area contributed by atoms with Crippen LogP contribution < -0.4 is 5.73 Å². The van der Waals surface area contributed by atoms with Gasteiger partial charge >= 0.3 is 0 Å². The van der Waals surface area contributed by atoms with E-state index in [4.69, 9.17) is 15.7 Å². The van der Waals surface area contributed by atoms with Crippen LogP contribution in [0.5, 0.6) is 0 Å². The van der Waals surface area contributed by atoms with E-state index in [1.807, 2.05) is 6.07 Å². The molecular weight excluding hydrogens is 214 g/mol. The Hall–Kier alpha value is -1.60. The number of pyridine rings is 1. The second kappa shape index (κ2) is 5.65. The third-order valence-corrected chi connectivity index (χ3v) is 3.29. The van der Waals surface area contributed by atoms with E-state index in [0.29, 0.717) is 17.3 Å². The number of rotatable bonds is 3. The zero-order valence-corrected chi connectivity index (χ0v) is 9.85. The van der Waals surface area contributed by atoms with E-state index < -0.39 is 0 Å². The normalized spacial score (nSPS) is 16.6. The zero-order valence-electron chi connectivity index (χ0n) is 9.85. The van der Waals surface area contributed by atoms with Crippen molar-refractivity contribution in [3.8, 4) is 6.07 Å². The first kappa shape index (κ1) is 11.9. The molecule has 0 aliphatic carbocycles. The Balaban J connectivity index is 1.98. The summed E-state index contributed by atoms with van der Waals surface area (Å²) in [7, 11) is 0. The van der Waals surface area contributed by atoms with Gasteiger partial charge in [0, 0.05) is 19.4 Å². The SMILES string of the molecule is N#Cc1cnc(N)cc1CCC1CCOCC1. The zero-order chi connectivity index (χ0) is 12.1. The number of anilines is 1. The Bertz CT molecular complexity index is 419. The maximum atomic E-state index is 9.00. The molecule has 1 aliphatic rings. The van der Waals surface area contributed by atoms with E-state index >= 15 is 0 Å². The molecule has 0 unspecified atom stereocenters. The number of nitrogen functional groups attached to an aromatic ring is 1. The van der Waals surface area contributed by atoms with E-state index in [1.165, 1.54) is 0 Å². The predicted octanol–water partition coefficient (Wildman–Crippen LogP) is 1.89. The fraction of sp³-hybridized carbons (Fsp3) is 0.538. The summed E-state index contributed by atoms with van der Waals surface area (Å²) in [5, 5.41) is 9.00. The van der Waals surface area contributed by atoms with Crippen molar-refractivity contribution in [3.05, 3.63) is 23.4 Å². The van der Waals surface area contributed by atoms with E-state index in [2.05, 4.69) is 11.1 Å². The van der Waals surface area contributed by atoms with Gasteiger partial charge in [-0.15, -0.1) is 0 Å². The highest BCUT2D eigenvalue weighted by Gasteiger charge is 2.14. The van der Waals surface area contributed by atoms with Crippen molar-refractivity contribution < 1.29 is 4.74 Å². The Labute approximate surface area is 101 Å². The number of aryl methyl sites for hydroxylation is 1. The van der Waals surface area contributed by atoms with Crippen molar-refractivity contribution in [3.63, 3.8) is 0 Å². The van der Waals surface area contributed by atoms with Gasteiger partial charge in [-0.05, 0) is 43.2 Å². The van der Waals surface area contributed by atoms with Crippen molar-refractivity contribution in [2.45, 2.75) is 25.7 Å². The molecule has 4 heteroatoms. The molecule has 0 bridgehead atoms. The summed E-state index contributed by atoms with van der Waals surface area (Å²) < 4.78 is 5.33. The molecule has 1 saturated heterocycles. The first-order chi connectivity index (χ1) is 8.29. The second-order valence-corrected chi connectivity index (χ2v) is 4.47. The highest BCUT2D eigenvalue weighted by molar-refractivity contribution is 5.42. The maximum absolute atomic E-state index is 9.00. The molecule has 0 atom stereocenters. The summed E-state index contributed by atoms with van der Waals surface area (Å²) in [4.78, 5) is 3.94. The Morgan fingerprint density at radius 3 is 2.94 bits per heavy atom. The topological polar surface area (TPSA) is 71.9 Å². The van der Waals surface area contributed by atoms with Crippen LogP contribution >= 0.6 is 0 Å². The second-order valence-electron chi connectivity index (χ2n) is 4.47. The standard InChI is InChI=1S/C13H17N3O/c14-8-12-9-16-13(15)7-11(12)2-1-10-3-5-17-6-4-10/h7,9-10H,1-6H2,(H2,15,16). The quantitative estimate of drug-likeness (QED) is 0.862. The number of nitrogens with zero attached hydrogens (tertiary/aromatic N) is 2. The summed E-state index contributed by atoms with van der Waals surface area (Å²) in [6.07, 6.45) is 5.82. The molecule has 2 heterocycles. The molecule has 2 N–H and O–H groups in total. The van der Waals surface area contributed by atoms with Crippen LogP contribution in [0.4, 0.5) is 5.82 Å². The number of nitriles is 1. The van der Waals surface area contributed by atoms with E-state index in [1.54, 1.807) is 6.20 Å². The largest absolute Gasteiger partial charge is 0.384 e. The minimum Gasteiger partial charge on any atom is -0.384 e. The summed E-state index contributed by atoms with van der Waals surface area (Å²) >= 11 is 0. The van der Waals surface area contributed by atoms with Gasteiger partial charge in [-0.1, -0.05) is 0 Å². The smallest absolute Gasteiger partial charge is 0.123 e. The molecular formula is C13H17N3O. The van der Waals surface area contributed by atoms with Crippen LogP contribution in [0.25, 0.3) is 0 Å². The molecule has 0 radical (unpaired) electrons. The van der Waals surface area contributed by atoms with Gasteiger partial charge in [0.15, 0.2) is 0 Å². The maximum Gasteiger partial charge on any atom is 0.123 e. The molecule has 0 saturated carbocycles. The summed E-state index contributed by atoms with van der Waals surface area (Å²) in [5.41, 5.74) is 7.31. The average molecular weight is 231 g/mol. The molecule has 0 amide bonds. The molecule has 2 rings (SSSR count). The Morgan fingerprint density at radius 1 is 1.47 bits per heavy atom. The van der Waals surface area contributed by atoms with Gasteiger partial charge in [0.25, 0.3) is 0 Å². The average Bonchev–Trinajstić information content (AvgIpc) is 2.38. The molecule has 0 spiro atoms.